The summed E-state index contributed by atoms with van der Waals surface area (Å²) in [5, 5.41) is 10.5. The maximum absolute atomic E-state index is 13.2. The van der Waals surface area contributed by atoms with Crippen molar-refractivity contribution in [2.45, 2.75) is 10.8 Å². The minimum atomic E-state index is -0.557. The van der Waals surface area contributed by atoms with Gasteiger partial charge in [0.1, 0.15) is 17.4 Å². The number of thioether (sulfide) groups is 1. The van der Waals surface area contributed by atoms with Gasteiger partial charge in [0.2, 0.25) is 5.88 Å². The van der Waals surface area contributed by atoms with Gasteiger partial charge < -0.3 is 15.0 Å². The van der Waals surface area contributed by atoms with Crippen LogP contribution in [-0.4, -0.2) is 10.8 Å². The van der Waals surface area contributed by atoms with Crippen LogP contribution in [0.15, 0.2) is 69.7 Å². The highest BCUT2D eigenvalue weighted by Gasteiger charge is 2.35. The molecule has 2 aromatic carbocycles. The van der Waals surface area contributed by atoms with Crippen LogP contribution in [-0.2, 0) is 7.05 Å². The lowest BCUT2D eigenvalue weighted by Gasteiger charge is -2.27. The number of ether oxygens (including phenoxy) is 1. The van der Waals surface area contributed by atoms with E-state index in [-0.39, 0.29) is 17.0 Å². The Labute approximate surface area is 160 Å². The second-order valence-corrected chi connectivity index (χ2v) is 7.20. The first-order valence-corrected chi connectivity index (χ1v) is 9.62. The predicted molar refractivity (Wildman–Crippen MR) is 107 cm³/mol. The van der Waals surface area contributed by atoms with Crippen LogP contribution in [0.3, 0.4) is 0 Å². The zero-order valence-corrected chi connectivity index (χ0v) is 15.7. The molecule has 2 heterocycles. The number of aryl methyl sites for hydroxylation is 1. The van der Waals surface area contributed by atoms with Crippen LogP contribution in [0.5, 0.6) is 5.75 Å². The molecule has 0 radical (unpaired) electrons. The number of benzene rings is 2. The molecule has 2 N–H and O–H groups in total. The lowest BCUT2D eigenvalue weighted by Crippen LogP contribution is -2.31. The number of rotatable bonds is 2. The lowest BCUT2D eigenvalue weighted by molar-refractivity contribution is 0.396. The number of para-hydroxylation sites is 1. The Bertz CT molecular complexity index is 1190. The van der Waals surface area contributed by atoms with Crippen molar-refractivity contribution in [3.05, 3.63) is 81.5 Å². The predicted octanol–water partition coefficient (Wildman–Crippen LogP) is 3.48. The van der Waals surface area contributed by atoms with Gasteiger partial charge in [-0.25, -0.2) is 0 Å². The third-order valence-electron chi connectivity index (χ3n) is 4.91. The fourth-order valence-corrected chi connectivity index (χ4v) is 3.96. The summed E-state index contributed by atoms with van der Waals surface area (Å²) in [5.74, 6) is -0.0792. The highest BCUT2D eigenvalue weighted by Crippen LogP contribution is 2.43. The highest BCUT2D eigenvalue weighted by molar-refractivity contribution is 7.98. The molecular formula is C21H17N3O2S. The molecule has 134 valence electrons. The summed E-state index contributed by atoms with van der Waals surface area (Å²) in [6.07, 6.45) is 2.00. The van der Waals surface area contributed by atoms with Crippen LogP contribution in [0, 0.1) is 11.3 Å². The molecule has 1 aliphatic rings. The van der Waals surface area contributed by atoms with Crippen molar-refractivity contribution in [1.82, 2.24) is 4.57 Å². The van der Waals surface area contributed by atoms with E-state index < -0.39 is 5.92 Å². The van der Waals surface area contributed by atoms with Gasteiger partial charge in [0.25, 0.3) is 5.56 Å². The lowest BCUT2D eigenvalue weighted by atomic mass is 9.83. The van der Waals surface area contributed by atoms with Crippen molar-refractivity contribution in [3.63, 3.8) is 0 Å². The number of nitrogens with two attached hydrogens (primary N) is 1. The van der Waals surface area contributed by atoms with E-state index in [0.29, 0.717) is 11.3 Å². The zero-order valence-electron chi connectivity index (χ0n) is 14.9. The molecule has 0 bridgehead atoms. The summed E-state index contributed by atoms with van der Waals surface area (Å²) < 4.78 is 7.39. The summed E-state index contributed by atoms with van der Waals surface area (Å²) >= 11 is 1.63. The summed E-state index contributed by atoms with van der Waals surface area (Å²) in [5.41, 5.74) is 8.19. The molecule has 0 aliphatic carbocycles. The van der Waals surface area contributed by atoms with Gasteiger partial charge in [-0.05, 0) is 36.1 Å². The maximum atomic E-state index is 13.2. The number of nitrogens with zero attached hydrogens (tertiary/aromatic N) is 2. The van der Waals surface area contributed by atoms with Crippen molar-refractivity contribution in [1.29, 1.82) is 5.26 Å². The standard InChI is InChI=1S/C21H17N3O2S/c1-24-16-6-4-3-5-14(16)19-18(21(24)25)17(15(11-22)20(23)26-19)12-7-9-13(27-2)10-8-12/h3-10,17H,23H2,1-2H3. The Balaban J connectivity index is 2.07. The molecular weight excluding hydrogens is 358 g/mol. The third-order valence-corrected chi connectivity index (χ3v) is 5.66. The zero-order chi connectivity index (χ0) is 19.1. The summed E-state index contributed by atoms with van der Waals surface area (Å²) in [4.78, 5) is 14.3. The van der Waals surface area contributed by atoms with Crippen molar-refractivity contribution < 1.29 is 4.74 Å². The SMILES string of the molecule is CSc1ccc(C2C(C#N)=C(N)Oc3c2c(=O)n(C)c2ccccc32)cc1. The van der Waals surface area contributed by atoms with Crippen molar-refractivity contribution in [2.75, 3.05) is 6.26 Å². The maximum Gasteiger partial charge on any atom is 0.258 e. The fourth-order valence-electron chi connectivity index (χ4n) is 3.56. The molecule has 27 heavy (non-hydrogen) atoms. The van der Waals surface area contributed by atoms with Crippen LogP contribution in [0.2, 0.25) is 0 Å². The molecule has 1 aromatic heterocycles. The molecule has 0 saturated heterocycles. The highest BCUT2D eigenvalue weighted by atomic mass is 32.2. The monoisotopic (exact) mass is 375 g/mol. The van der Waals surface area contributed by atoms with Gasteiger partial charge in [0.05, 0.1) is 17.0 Å². The number of nitriles is 1. The molecule has 4 rings (SSSR count). The first-order valence-electron chi connectivity index (χ1n) is 8.40. The summed E-state index contributed by atoms with van der Waals surface area (Å²) in [6.45, 7) is 0. The van der Waals surface area contributed by atoms with E-state index >= 15 is 0 Å². The molecule has 5 nitrogen and oxygen atoms in total. The molecule has 1 aliphatic heterocycles. The van der Waals surface area contributed by atoms with Gasteiger partial charge >= 0.3 is 0 Å². The summed E-state index contributed by atoms with van der Waals surface area (Å²) in [6, 6.07) is 17.5. The fraction of sp³-hybridized carbons (Fsp3) is 0.143. The van der Waals surface area contributed by atoms with E-state index in [1.165, 1.54) is 0 Å². The molecule has 0 amide bonds. The Morgan fingerprint density at radius 2 is 1.89 bits per heavy atom. The molecule has 3 aromatic rings. The van der Waals surface area contributed by atoms with E-state index in [9.17, 15) is 10.1 Å². The minimum absolute atomic E-state index is 0.0438. The Hall–Kier alpha value is -3.17. The van der Waals surface area contributed by atoms with Crippen molar-refractivity contribution in [2.24, 2.45) is 12.8 Å². The average Bonchev–Trinajstić information content (AvgIpc) is 2.71. The van der Waals surface area contributed by atoms with Crippen LogP contribution in [0.1, 0.15) is 17.0 Å². The molecule has 1 atom stereocenters. The number of aromatic nitrogens is 1. The van der Waals surface area contributed by atoms with Gasteiger partial charge in [-0.1, -0.05) is 24.3 Å². The van der Waals surface area contributed by atoms with Crippen LogP contribution >= 0.6 is 11.8 Å². The Morgan fingerprint density at radius 1 is 1.19 bits per heavy atom. The van der Waals surface area contributed by atoms with Gasteiger partial charge in [0.15, 0.2) is 0 Å². The second kappa shape index (κ2) is 6.53. The quantitative estimate of drug-likeness (QED) is 0.694. The van der Waals surface area contributed by atoms with E-state index in [2.05, 4.69) is 6.07 Å². The number of hydrogen-bond acceptors (Lipinski definition) is 5. The first kappa shape index (κ1) is 17.3. The van der Waals surface area contributed by atoms with Gasteiger partial charge in [0, 0.05) is 17.3 Å². The molecule has 0 saturated carbocycles. The van der Waals surface area contributed by atoms with Gasteiger partial charge in [-0.2, -0.15) is 5.26 Å². The summed E-state index contributed by atoms with van der Waals surface area (Å²) in [7, 11) is 1.73. The van der Waals surface area contributed by atoms with E-state index in [4.69, 9.17) is 10.5 Å². The van der Waals surface area contributed by atoms with Gasteiger partial charge in [-0.15, -0.1) is 11.8 Å². The second-order valence-electron chi connectivity index (χ2n) is 6.32. The number of fused-ring (bicyclic) bond motifs is 3. The first-order chi connectivity index (χ1) is 13.1. The van der Waals surface area contributed by atoms with Crippen LogP contribution in [0.25, 0.3) is 10.9 Å². The third kappa shape index (κ3) is 2.59. The largest absolute Gasteiger partial charge is 0.439 e. The molecule has 0 spiro atoms. The normalized spacial score (nSPS) is 16.0. The van der Waals surface area contributed by atoms with Crippen LogP contribution < -0.4 is 16.0 Å². The van der Waals surface area contributed by atoms with E-state index in [0.717, 1.165) is 21.4 Å². The molecule has 1 unspecified atom stereocenters. The van der Waals surface area contributed by atoms with Crippen molar-refractivity contribution in [3.8, 4) is 11.8 Å². The van der Waals surface area contributed by atoms with Crippen LogP contribution in [0.4, 0.5) is 0 Å². The minimum Gasteiger partial charge on any atom is -0.439 e. The smallest absolute Gasteiger partial charge is 0.258 e. The van der Waals surface area contributed by atoms with E-state index in [1.807, 2.05) is 54.8 Å². The Morgan fingerprint density at radius 3 is 2.56 bits per heavy atom. The molecule has 0 fully saturated rings. The average molecular weight is 375 g/mol. The van der Waals surface area contributed by atoms with Crippen molar-refractivity contribution >= 4 is 22.7 Å². The van der Waals surface area contributed by atoms with E-state index in [1.54, 1.807) is 23.4 Å². The number of pyridine rings is 1. The molecule has 6 heteroatoms. The topological polar surface area (TPSA) is 81.0 Å². The Kier molecular flexibility index (Phi) is 4.17. The van der Waals surface area contributed by atoms with Gasteiger partial charge in [-0.3, -0.25) is 4.79 Å². The number of allylic oxidation sites excluding steroid dienone is 1. The number of hydrogen-bond donors (Lipinski definition) is 1.